The summed E-state index contributed by atoms with van der Waals surface area (Å²) in [5.74, 6) is -0.148. The zero-order chi connectivity index (χ0) is 15.2. The van der Waals surface area contributed by atoms with Gasteiger partial charge in [-0.15, -0.1) is 0 Å². The molecule has 0 amide bonds. The fourth-order valence-corrected chi connectivity index (χ4v) is 2.09. The molecule has 4 heteroatoms. The minimum absolute atomic E-state index is 0.375. The van der Waals surface area contributed by atoms with Gasteiger partial charge in [0, 0.05) is 17.2 Å². The first-order chi connectivity index (χ1) is 10.1. The third kappa shape index (κ3) is 4.22. The summed E-state index contributed by atoms with van der Waals surface area (Å²) >= 11 is 12.2. The summed E-state index contributed by atoms with van der Waals surface area (Å²) in [5.41, 5.74) is 1.70. The maximum absolute atomic E-state index is 11.1. The summed E-state index contributed by atoms with van der Waals surface area (Å²) in [6, 6.07) is 12.5. The van der Waals surface area contributed by atoms with Crippen molar-refractivity contribution in [2.24, 2.45) is 0 Å². The van der Waals surface area contributed by atoms with Crippen molar-refractivity contribution in [3.63, 3.8) is 0 Å². The van der Waals surface area contributed by atoms with Gasteiger partial charge in [0.15, 0.2) is 0 Å². The second kappa shape index (κ2) is 7.11. The van der Waals surface area contributed by atoms with E-state index in [2.05, 4.69) is 6.58 Å². The van der Waals surface area contributed by atoms with Crippen LogP contribution in [0.25, 0.3) is 12.2 Å². The van der Waals surface area contributed by atoms with Gasteiger partial charge in [-0.05, 0) is 29.3 Å². The summed E-state index contributed by atoms with van der Waals surface area (Å²) < 4.78 is 4.99. The lowest BCUT2D eigenvalue weighted by atomic mass is 10.1. The normalized spacial score (nSPS) is 10.6. The number of hydrogen-bond donors (Lipinski definition) is 0. The summed E-state index contributed by atoms with van der Waals surface area (Å²) in [6.45, 7) is 3.34. The van der Waals surface area contributed by atoms with Crippen LogP contribution in [-0.4, -0.2) is 5.97 Å². The van der Waals surface area contributed by atoms with Crippen molar-refractivity contribution in [3.8, 4) is 5.75 Å². The second-order valence-electron chi connectivity index (χ2n) is 4.16. The molecule has 0 saturated carbocycles. The molecule has 0 radical (unpaired) electrons. The molecular formula is C17H12Cl2O2. The Hall–Kier alpha value is -2.03. The molecule has 0 unspecified atom stereocenters. The Morgan fingerprint density at radius 2 is 1.67 bits per heavy atom. The molecule has 0 aliphatic carbocycles. The topological polar surface area (TPSA) is 26.3 Å². The molecule has 0 aliphatic heterocycles. The molecule has 0 aliphatic rings. The first kappa shape index (κ1) is 15.4. The molecule has 0 aromatic heterocycles. The molecule has 2 rings (SSSR count). The first-order valence-corrected chi connectivity index (χ1v) is 6.92. The van der Waals surface area contributed by atoms with E-state index in [1.165, 1.54) is 0 Å². The van der Waals surface area contributed by atoms with Gasteiger partial charge in [0.1, 0.15) is 5.75 Å². The van der Waals surface area contributed by atoms with E-state index >= 15 is 0 Å². The van der Waals surface area contributed by atoms with Gasteiger partial charge >= 0.3 is 5.97 Å². The van der Waals surface area contributed by atoms with Gasteiger partial charge in [-0.3, -0.25) is 0 Å². The number of benzene rings is 2. The average molecular weight is 319 g/mol. The lowest BCUT2D eigenvalue weighted by Gasteiger charge is -2.04. The third-order valence-corrected chi connectivity index (χ3v) is 3.38. The van der Waals surface area contributed by atoms with Crippen LogP contribution >= 0.6 is 23.2 Å². The summed E-state index contributed by atoms with van der Waals surface area (Å²) in [4.78, 5) is 11.1. The fraction of sp³-hybridized carbons (Fsp3) is 0. The van der Waals surface area contributed by atoms with E-state index in [0.29, 0.717) is 15.8 Å². The lowest BCUT2D eigenvalue weighted by molar-refractivity contribution is -0.128. The number of esters is 1. The third-order valence-electron chi connectivity index (χ3n) is 2.70. The molecule has 2 nitrogen and oxygen atoms in total. The van der Waals surface area contributed by atoms with Crippen molar-refractivity contribution in [2.75, 3.05) is 0 Å². The van der Waals surface area contributed by atoms with E-state index in [4.69, 9.17) is 27.9 Å². The van der Waals surface area contributed by atoms with Crippen LogP contribution in [0.4, 0.5) is 0 Å². The van der Waals surface area contributed by atoms with Crippen molar-refractivity contribution >= 4 is 41.3 Å². The highest BCUT2D eigenvalue weighted by Crippen LogP contribution is 2.25. The van der Waals surface area contributed by atoms with Crippen molar-refractivity contribution in [1.29, 1.82) is 0 Å². The highest BCUT2D eigenvalue weighted by Gasteiger charge is 2.03. The largest absolute Gasteiger partial charge is 0.423 e. The maximum Gasteiger partial charge on any atom is 0.335 e. The molecule has 0 fully saturated rings. The Morgan fingerprint density at radius 1 is 1.00 bits per heavy atom. The quantitative estimate of drug-likeness (QED) is 0.333. The molecule has 0 spiro atoms. The molecular weight excluding hydrogens is 307 g/mol. The van der Waals surface area contributed by atoms with Crippen LogP contribution in [0.1, 0.15) is 11.1 Å². The van der Waals surface area contributed by atoms with Gasteiger partial charge in [0.05, 0.1) is 5.02 Å². The van der Waals surface area contributed by atoms with Crippen LogP contribution in [0, 0.1) is 0 Å². The SMILES string of the molecule is C=CC(=O)Oc1ccc(/C=C/c2ccccc2Cl)c(Cl)c1. The number of carbonyl (C=O) groups excluding carboxylic acids is 1. The highest BCUT2D eigenvalue weighted by molar-refractivity contribution is 6.33. The van der Waals surface area contributed by atoms with Crippen LogP contribution < -0.4 is 4.74 Å². The van der Waals surface area contributed by atoms with Gasteiger partial charge < -0.3 is 4.74 Å². The monoisotopic (exact) mass is 318 g/mol. The Morgan fingerprint density at radius 3 is 2.29 bits per heavy atom. The fourth-order valence-electron chi connectivity index (χ4n) is 1.65. The standard InChI is InChI=1S/C17H12Cl2O2/c1-2-17(20)21-14-10-9-13(16(19)11-14)8-7-12-5-3-4-6-15(12)18/h2-11H,1H2/b8-7+. The molecule has 21 heavy (non-hydrogen) atoms. The summed E-state index contributed by atoms with van der Waals surface area (Å²) in [5, 5.41) is 1.15. The Balaban J connectivity index is 2.20. The molecule has 0 heterocycles. The van der Waals surface area contributed by atoms with Crippen LogP contribution in [0.3, 0.4) is 0 Å². The number of rotatable bonds is 4. The van der Waals surface area contributed by atoms with E-state index in [9.17, 15) is 4.79 Å². The molecule has 2 aromatic carbocycles. The Kier molecular flexibility index (Phi) is 5.20. The van der Waals surface area contributed by atoms with Gasteiger partial charge in [0.2, 0.25) is 0 Å². The zero-order valence-corrected chi connectivity index (χ0v) is 12.6. The number of hydrogen-bond acceptors (Lipinski definition) is 2. The van der Waals surface area contributed by atoms with Gasteiger partial charge in [-0.1, -0.05) is 60.1 Å². The van der Waals surface area contributed by atoms with Crippen molar-refractivity contribution in [1.82, 2.24) is 0 Å². The maximum atomic E-state index is 11.1. The highest BCUT2D eigenvalue weighted by atomic mass is 35.5. The molecule has 0 N–H and O–H groups in total. The smallest absolute Gasteiger partial charge is 0.335 e. The Bertz CT molecular complexity index is 706. The van der Waals surface area contributed by atoms with E-state index in [1.807, 2.05) is 36.4 Å². The van der Waals surface area contributed by atoms with E-state index < -0.39 is 5.97 Å². The number of carbonyl (C=O) groups is 1. The average Bonchev–Trinajstić information content (AvgIpc) is 2.48. The van der Waals surface area contributed by atoms with Crippen molar-refractivity contribution in [2.45, 2.75) is 0 Å². The minimum atomic E-state index is -0.523. The molecule has 0 bridgehead atoms. The Labute approximate surface area is 133 Å². The van der Waals surface area contributed by atoms with Crippen LogP contribution in [-0.2, 0) is 4.79 Å². The van der Waals surface area contributed by atoms with Crippen molar-refractivity contribution in [3.05, 3.63) is 76.3 Å². The van der Waals surface area contributed by atoms with Gasteiger partial charge in [-0.2, -0.15) is 0 Å². The summed E-state index contributed by atoms with van der Waals surface area (Å²) in [6.07, 6.45) is 4.82. The van der Waals surface area contributed by atoms with Crippen LogP contribution in [0.5, 0.6) is 5.75 Å². The predicted molar refractivity (Wildman–Crippen MR) is 87.7 cm³/mol. The number of halogens is 2. The minimum Gasteiger partial charge on any atom is -0.423 e. The van der Waals surface area contributed by atoms with Gasteiger partial charge in [0.25, 0.3) is 0 Å². The number of ether oxygens (including phenoxy) is 1. The lowest BCUT2D eigenvalue weighted by Crippen LogP contribution is -2.02. The van der Waals surface area contributed by atoms with E-state index in [-0.39, 0.29) is 0 Å². The van der Waals surface area contributed by atoms with E-state index in [0.717, 1.165) is 17.2 Å². The van der Waals surface area contributed by atoms with Crippen LogP contribution in [0.15, 0.2) is 55.1 Å². The molecule has 0 saturated heterocycles. The summed E-state index contributed by atoms with van der Waals surface area (Å²) in [7, 11) is 0. The zero-order valence-electron chi connectivity index (χ0n) is 11.1. The van der Waals surface area contributed by atoms with E-state index in [1.54, 1.807) is 18.2 Å². The van der Waals surface area contributed by atoms with Crippen LogP contribution in [0.2, 0.25) is 10.0 Å². The molecule has 2 aromatic rings. The predicted octanol–water partition coefficient (Wildman–Crippen LogP) is 5.26. The molecule has 106 valence electrons. The second-order valence-corrected chi connectivity index (χ2v) is 4.98. The van der Waals surface area contributed by atoms with Gasteiger partial charge in [-0.25, -0.2) is 4.79 Å². The van der Waals surface area contributed by atoms with Crippen molar-refractivity contribution < 1.29 is 9.53 Å². The first-order valence-electron chi connectivity index (χ1n) is 6.16. The molecule has 0 atom stereocenters.